The Morgan fingerprint density at radius 3 is 1.74 bits per heavy atom. The number of halogens is 1. The molecule has 43 heavy (non-hydrogen) atoms. The molecule has 1 saturated carbocycles. The number of nitrogens with zero attached hydrogens (tertiary/aromatic N) is 3. The van der Waals surface area contributed by atoms with E-state index in [1.54, 1.807) is 6.07 Å². The second-order valence-corrected chi connectivity index (χ2v) is 11.4. The lowest BCUT2D eigenvalue weighted by atomic mass is 9.75. The quantitative estimate of drug-likeness (QED) is 0.232. The number of aromatic nitrogens is 1. The molecule has 0 amide bonds. The van der Waals surface area contributed by atoms with Crippen LogP contribution in [-0.2, 0) is 5.54 Å². The van der Waals surface area contributed by atoms with Crippen molar-refractivity contribution in [3.05, 3.63) is 148 Å². The highest BCUT2D eigenvalue weighted by atomic mass is 19.1. The van der Waals surface area contributed by atoms with E-state index in [4.69, 9.17) is 0 Å². The summed E-state index contributed by atoms with van der Waals surface area (Å²) in [6.07, 6.45) is 3.24. The van der Waals surface area contributed by atoms with Gasteiger partial charge in [-0.25, -0.2) is 9.18 Å². The third-order valence-electron chi connectivity index (χ3n) is 8.94. The number of carboxylic acid groups (broad SMARTS) is 1. The number of carbonyl (C=O) groups is 1. The molecule has 7 heteroatoms. The fourth-order valence-electron chi connectivity index (χ4n) is 6.78. The Hall–Kier alpha value is -4.75. The Morgan fingerprint density at radius 1 is 0.767 bits per heavy atom. The van der Waals surface area contributed by atoms with Crippen LogP contribution in [0.4, 0.5) is 10.1 Å². The minimum absolute atomic E-state index is 0.114. The van der Waals surface area contributed by atoms with E-state index in [0.717, 1.165) is 12.8 Å². The van der Waals surface area contributed by atoms with E-state index in [-0.39, 0.29) is 17.0 Å². The first-order valence-corrected chi connectivity index (χ1v) is 14.8. The fourth-order valence-corrected chi connectivity index (χ4v) is 6.78. The molecule has 5 aromatic rings. The van der Waals surface area contributed by atoms with Crippen LogP contribution >= 0.6 is 0 Å². The van der Waals surface area contributed by atoms with Crippen molar-refractivity contribution in [2.24, 2.45) is 0 Å². The molecule has 1 aromatic heterocycles. The summed E-state index contributed by atoms with van der Waals surface area (Å²) in [6, 6.07) is 34.7. The van der Waals surface area contributed by atoms with Gasteiger partial charge in [0.05, 0.1) is 16.7 Å². The number of aromatic carboxylic acids is 1. The Labute approximate surface area is 249 Å². The normalized spacial score (nSPS) is 16.0. The maximum absolute atomic E-state index is 15.7. The maximum atomic E-state index is 15.7. The Balaban J connectivity index is 1.29. The minimum atomic E-state index is -1.29. The molecular weight excluding hydrogens is 541 g/mol. The van der Waals surface area contributed by atoms with E-state index < -0.39 is 22.8 Å². The number of fused-ring (bicyclic) bond motifs is 1. The Bertz CT molecular complexity index is 1750. The summed E-state index contributed by atoms with van der Waals surface area (Å²) in [4.78, 5) is 29.3. The topological polar surface area (TPSA) is 65.8 Å². The predicted molar refractivity (Wildman–Crippen MR) is 166 cm³/mol. The predicted octanol–water partition coefficient (Wildman–Crippen LogP) is 6.29. The smallest absolute Gasteiger partial charge is 0.341 e. The van der Waals surface area contributed by atoms with Crippen LogP contribution in [0.25, 0.3) is 10.9 Å². The molecule has 1 N–H and O–H groups in total. The van der Waals surface area contributed by atoms with Crippen molar-refractivity contribution in [1.29, 1.82) is 0 Å². The molecule has 1 aliphatic heterocycles. The molecule has 216 valence electrons. The summed E-state index contributed by atoms with van der Waals surface area (Å²) in [5.74, 6) is -1.80. The van der Waals surface area contributed by atoms with Crippen molar-refractivity contribution in [3.63, 3.8) is 0 Å². The van der Waals surface area contributed by atoms with E-state index in [0.29, 0.717) is 37.4 Å². The average Bonchev–Trinajstić information content (AvgIpc) is 3.89. The highest BCUT2D eigenvalue weighted by Crippen LogP contribution is 2.43. The molecule has 2 fully saturated rings. The first kappa shape index (κ1) is 27.1. The lowest BCUT2D eigenvalue weighted by Gasteiger charge is -2.49. The second kappa shape index (κ2) is 10.8. The van der Waals surface area contributed by atoms with Crippen LogP contribution < -0.4 is 10.3 Å². The molecule has 1 aliphatic carbocycles. The van der Waals surface area contributed by atoms with Gasteiger partial charge in [0.25, 0.3) is 0 Å². The van der Waals surface area contributed by atoms with Crippen molar-refractivity contribution in [2.75, 3.05) is 31.1 Å². The van der Waals surface area contributed by atoms with Gasteiger partial charge in [0.2, 0.25) is 5.43 Å². The van der Waals surface area contributed by atoms with Crippen LogP contribution in [0.1, 0.15) is 45.9 Å². The largest absolute Gasteiger partial charge is 0.477 e. The number of piperazine rings is 1. The van der Waals surface area contributed by atoms with Crippen LogP contribution in [0, 0.1) is 5.82 Å². The summed E-state index contributed by atoms with van der Waals surface area (Å²) in [5, 5.41) is 9.71. The molecule has 0 atom stereocenters. The monoisotopic (exact) mass is 573 g/mol. The summed E-state index contributed by atoms with van der Waals surface area (Å²) in [7, 11) is 0. The van der Waals surface area contributed by atoms with Gasteiger partial charge in [0.15, 0.2) is 0 Å². The zero-order valence-electron chi connectivity index (χ0n) is 23.7. The SMILES string of the molecule is O=C(O)c1cn(C2CC2)c2cc(N3CCN(C(c4ccccc4)(c4ccccc4)c4ccccc4)CC3)c(F)cc2c1=O. The van der Waals surface area contributed by atoms with E-state index in [9.17, 15) is 14.7 Å². The van der Waals surface area contributed by atoms with Gasteiger partial charge in [-0.1, -0.05) is 91.0 Å². The fraction of sp³-hybridized carbons (Fsp3) is 0.222. The van der Waals surface area contributed by atoms with Crippen LogP contribution in [0.3, 0.4) is 0 Å². The number of carboxylic acids is 1. The third kappa shape index (κ3) is 4.61. The standard InChI is InChI=1S/C36H32FN3O3/c37-31-22-29-32(40(28-16-17-28)24-30(34(29)41)35(42)43)23-33(31)38-18-20-39(21-19-38)36(25-10-4-1-5-11-25,26-12-6-2-7-13-26)27-14-8-3-9-15-27/h1-15,22-24,28H,16-21H2,(H,42,43). The molecule has 4 aromatic carbocycles. The van der Waals surface area contributed by atoms with Gasteiger partial charge in [-0.15, -0.1) is 0 Å². The molecule has 0 radical (unpaired) electrons. The first-order chi connectivity index (χ1) is 21.0. The van der Waals surface area contributed by atoms with Gasteiger partial charge in [0.1, 0.15) is 11.4 Å². The molecule has 7 rings (SSSR count). The van der Waals surface area contributed by atoms with E-state index in [2.05, 4.69) is 77.7 Å². The number of hydrogen-bond acceptors (Lipinski definition) is 4. The zero-order chi connectivity index (χ0) is 29.6. The maximum Gasteiger partial charge on any atom is 0.341 e. The van der Waals surface area contributed by atoms with Crippen molar-refractivity contribution in [1.82, 2.24) is 9.47 Å². The summed E-state index contributed by atoms with van der Waals surface area (Å²) >= 11 is 0. The zero-order valence-corrected chi connectivity index (χ0v) is 23.7. The second-order valence-electron chi connectivity index (χ2n) is 11.4. The van der Waals surface area contributed by atoms with Gasteiger partial charge in [-0.3, -0.25) is 9.69 Å². The highest BCUT2D eigenvalue weighted by molar-refractivity contribution is 5.93. The van der Waals surface area contributed by atoms with Gasteiger partial charge >= 0.3 is 5.97 Å². The van der Waals surface area contributed by atoms with Crippen molar-refractivity contribution < 1.29 is 14.3 Å². The Kier molecular flexibility index (Phi) is 6.82. The molecule has 0 spiro atoms. The van der Waals surface area contributed by atoms with Crippen LogP contribution in [0.2, 0.25) is 0 Å². The van der Waals surface area contributed by atoms with Gasteiger partial charge < -0.3 is 14.6 Å². The van der Waals surface area contributed by atoms with Crippen molar-refractivity contribution in [2.45, 2.75) is 24.4 Å². The Morgan fingerprint density at radius 2 is 1.28 bits per heavy atom. The van der Waals surface area contributed by atoms with E-state index in [1.165, 1.54) is 29.0 Å². The van der Waals surface area contributed by atoms with Crippen molar-refractivity contribution in [3.8, 4) is 0 Å². The number of hydrogen-bond donors (Lipinski definition) is 1. The van der Waals surface area contributed by atoms with E-state index >= 15 is 4.39 Å². The number of anilines is 1. The number of pyridine rings is 1. The molecule has 2 heterocycles. The van der Waals surface area contributed by atoms with Crippen LogP contribution in [0.15, 0.2) is 114 Å². The molecule has 6 nitrogen and oxygen atoms in total. The van der Waals surface area contributed by atoms with E-state index in [1.807, 2.05) is 27.7 Å². The summed E-state index contributed by atoms with van der Waals surface area (Å²) < 4.78 is 17.6. The van der Waals surface area contributed by atoms with Gasteiger partial charge in [0, 0.05) is 43.8 Å². The molecular formula is C36H32FN3O3. The molecule has 0 unspecified atom stereocenters. The molecule has 2 aliphatic rings. The van der Waals surface area contributed by atoms with Gasteiger partial charge in [-0.05, 0) is 41.7 Å². The van der Waals surface area contributed by atoms with Crippen LogP contribution in [-0.4, -0.2) is 46.7 Å². The molecule has 0 bridgehead atoms. The number of rotatable bonds is 7. The highest BCUT2D eigenvalue weighted by Gasteiger charge is 2.43. The van der Waals surface area contributed by atoms with Crippen molar-refractivity contribution >= 4 is 22.6 Å². The lowest BCUT2D eigenvalue weighted by molar-refractivity contribution is 0.0695. The average molecular weight is 574 g/mol. The minimum Gasteiger partial charge on any atom is -0.477 e. The summed E-state index contributed by atoms with van der Waals surface area (Å²) in [6.45, 7) is 2.50. The lowest BCUT2D eigenvalue weighted by Crippen LogP contribution is -2.56. The molecule has 1 saturated heterocycles. The number of benzene rings is 4. The third-order valence-corrected chi connectivity index (χ3v) is 8.94. The summed E-state index contributed by atoms with van der Waals surface area (Å²) in [5.41, 5.74) is 3.02. The van der Waals surface area contributed by atoms with Crippen LogP contribution in [0.5, 0.6) is 0 Å². The first-order valence-electron chi connectivity index (χ1n) is 14.8. The van der Waals surface area contributed by atoms with Gasteiger partial charge in [-0.2, -0.15) is 0 Å².